The van der Waals surface area contributed by atoms with Crippen molar-refractivity contribution in [1.29, 1.82) is 0 Å². The van der Waals surface area contributed by atoms with Gasteiger partial charge in [0.15, 0.2) is 0 Å². The van der Waals surface area contributed by atoms with Gasteiger partial charge in [-0.15, -0.1) is 11.3 Å². The molecule has 1 unspecified atom stereocenters. The second-order valence-electron chi connectivity index (χ2n) is 7.52. The first-order chi connectivity index (χ1) is 13.5. The fraction of sp³-hybridized carbons (Fsp3) is 0.476. The normalized spacial score (nSPS) is 20.5. The minimum atomic E-state index is -0.219. The molecule has 0 radical (unpaired) electrons. The average molecular weight is 400 g/mol. The Morgan fingerprint density at radius 2 is 1.96 bits per heavy atom. The third-order valence-electron chi connectivity index (χ3n) is 5.48. The van der Waals surface area contributed by atoms with Crippen molar-refractivity contribution in [1.82, 2.24) is 14.8 Å². The molecule has 2 aliphatic rings. The molecule has 0 N–H and O–H groups in total. The van der Waals surface area contributed by atoms with Gasteiger partial charge in [0.25, 0.3) is 0 Å². The Hall–Kier alpha value is -2.41. The third-order valence-corrected chi connectivity index (χ3v) is 6.54. The first-order valence-corrected chi connectivity index (χ1v) is 10.6. The van der Waals surface area contributed by atoms with Gasteiger partial charge in [-0.25, -0.2) is 9.78 Å². The largest absolute Gasteiger partial charge is 0.444 e. The Balaban J connectivity index is 1.35. The van der Waals surface area contributed by atoms with Crippen molar-refractivity contribution in [3.8, 4) is 10.6 Å². The van der Waals surface area contributed by atoms with E-state index in [1.807, 2.05) is 54.0 Å². The minimum absolute atomic E-state index is 0.0430. The summed E-state index contributed by atoms with van der Waals surface area (Å²) in [5.74, 6) is 0.115. The van der Waals surface area contributed by atoms with E-state index >= 15 is 0 Å². The molecule has 1 aromatic carbocycles. The van der Waals surface area contributed by atoms with Crippen LogP contribution in [0.1, 0.15) is 30.3 Å². The number of carbonyl (C=O) groups is 2. The molecule has 0 saturated carbocycles. The van der Waals surface area contributed by atoms with E-state index in [1.54, 1.807) is 11.3 Å². The highest BCUT2D eigenvalue weighted by atomic mass is 32.1. The van der Waals surface area contributed by atoms with E-state index in [2.05, 4.69) is 0 Å². The van der Waals surface area contributed by atoms with E-state index in [0.29, 0.717) is 26.1 Å². The number of cyclic esters (lactones) is 1. The lowest BCUT2D eigenvalue weighted by molar-refractivity contribution is -0.131. The summed E-state index contributed by atoms with van der Waals surface area (Å²) in [5, 5.41) is 0.960. The fourth-order valence-electron chi connectivity index (χ4n) is 3.90. The van der Waals surface area contributed by atoms with Gasteiger partial charge >= 0.3 is 6.09 Å². The van der Waals surface area contributed by atoms with E-state index in [1.165, 1.54) is 0 Å². The summed E-state index contributed by atoms with van der Waals surface area (Å²) in [7, 11) is 0. The van der Waals surface area contributed by atoms with Gasteiger partial charge in [0.2, 0.25) is 5.91 Å². The van der Waals surface area contributed by atoms with Gasteiger partial charge in [-0.1, -0.05) is 30.3 Å². The van der Waals surface area contributed by atoms with Crippen molar-refractivity contribution in [3.63, 3.8) is 0 Å². The molecular weight excluding hydrogens is 374 g/mol. The van der Waals surface area contributed by atoms with Crippen LogP contribution in [0.2, 0.25) is 0 Å². The van der Waals surface area contributed by atoms with Gasteiger partial charge in [-0.05, 0) is 26.7 Å². The summed E-state index contributed by atoms with van der Waals surface area (Å²) in [6.07, 6.45) is 1.68. The molecule has 2 aromatic rings. The van der Waals surface area contributed by atoms with Gasteiger partial charge in [0, 0.05) is 29.6 Å². The van der Waals surface area contributed by atoms with Crippen molar-refractivity contribution in [3.05, 3.63) is 40.9 Å². The highest BCUT2D eigenvalue weighted by Gasteiger charge is 2.36. The first-order valence-electron chi connectivity index (χ1n) is 9.78. The van der Waals surface area contributed by atoms with Crippen LogP contribution in [0.5, 0.6) is 0 Å². The van der Waals surface area contributed by atoms with Crippen LogP contribution in [0.15, 0.2) is 30.3 Å². The van der Waals surface area contributed by atoms with E-state index < -0.39 is 0 Å². The Bertz CT molecular complexity index is 859. The lowest BCUT2D eigenvalue weighted by atomic mass is 10.0. The Labute approximate surface area is 169 Å². The number of thiazole rings is 1. The van der Waals surface area contributed by atoms with Gasteiger partial charge in [-0.2, -0.15) is 0 Å². The molecule has 2 fully saturated rings. The molecule has 0 spiro atoms. The number of carbonyl (C=O) groups excluding carboxylic acids is 2. The van der Waals surface area contributed by atoms with E-state index in [4.69, 9.17) is 9.72 Å². The maximum Gasteiger partial charge on any atom is 0.410 e. The van der Waals surface area contributed by atoms with E-state index in [0.717, 1.165) is 34.0 Å². The number of nitrogens with zero attached hydrogens (tertiary/aromatic N) is 3. The number of amides is 2. The summed E-state index contributed by atoms with van der Waals surface area (Å²) in [4.78, 5) is 34.2. The molecule has 1 atom stereocenters. The van der Waals surface area contributed by atoms with Gasteiger partial charge < -0.3 is 14.5 Å². The zero-order valence-corrected chi connectivity index (χ0v) is 17.1. The number of benzene rings is 1. The number of likely N-dealkylation sites (tertiary alicyclic amines) is 1. The number of ether oxygens (including phenoxy) is 1. The van der Waals surface area contributed by atoms with E-state index in [9.17, 15) is 9.59 Å². The number of hydrogen-bond donors (Lipinski definition) is 0. The Kier molecular flexibility index (Phi) is 5.35. The van der Waals surface area contributed by atoms with Crippen molar-refractivity contribution < 1.29 is 14.3 Å². The zero-order valence-electron chi connectivity index (χ0n) is 16.3. The minimum Gasteiger partial charge on any atom is -0.444 e. The van der Waals surface area contributed by atoms with Crippen molar-refractivity contribution in [2.75, 3.05) is 19.6 Å². The second kappa shape index (κ2) is 7.91. The van der Waals surface area contributed by atoms with Crippen LogP contribution < -0.4 is 0 Å². The molecular formula is C21H25N3O3S. The molecule has 6 nitrogen and oxygen atoms in total. The highest BCUT2D eigenvalue weighted by molar-refractivity contribution is 7.15. The van der Waals surface area contributed by atoms with E-state index in [-0.39, 0.29) is 24.1 Å². The van der Waals surface area contributed by atoms with Crippen LogP contribution in [0.25, 0.3) is 10.6 Å². The SMILES string of the molecule is Cc1sc(-c2ccccc2)nc1CC(=O)N1CCC(N2CC(C)OC2=O)CC1. The average Bonchev–Trinajstić information content (AvgIpc) is 3.24. The van der Waals surface area contributed by atoms with Crippen LogP contribution in [0, 0.1) is 6.92 Å². The first kappa shape index (κ1) is 18.9. The second-order valence-corrected chi connectivity index (χ2v) is 8.73. The monoisotopic (exact) mass is 399 g/mol. The number of rotatable bonds is 4. The molecule has 1 aromatic heterocycles. The van der Waals surface area contributed by atoms with Gasteiger partial charge in [0.05, 0.1) is 18.7 Å². The van der Waals surface area contributed by atoms with Crippen molar-refractivity contribution in [2.24, 2.45) is 0 Å². The van der Waals surface area contributed by atoms with Gasteiger partial charge in [-0.3, -0.25) is 4.79 Å². The number of aromatic nitrogens is 1. The molecule has 3 heterocycles. The van der Waals surface area contributed by atoms with Crippen molar-refractivity contribution >= 4 is 23.3 Å². The quantitative estimate of drug-likeness (QED) is 0.790. The molecule has 148 valence electrons. The van der Waals surface area contributed by atoms with Crippen LogP contribution in [-0.4, -0.2) is 58.6 Å². The highest BCUT2D eigenvalue weighted by Crippen LogP contribution is 2.28. The van der Waals surface area contributed by atoms with Gasteiger partial charge in [0.1, 0.15) is 11.1 Å². The van der Waals surface area contributed by atoms with Crippen molar-refractivity contribution in [2.45, 2.75) is 45.3 Å². The summed E-state index contributed by atoms with van der Waals surface area (Å²) < 4.78 is 5.23. The Morgan fingerprint density at radius 1 is 1.25 bits per heavy atom. The molecule has 2 saturated heterocycles. The number of aryl methyl sites for hydroxylation is 1. The molecule has 28 heavy (non-hydrogen) atoms. The van der Waals surface area contributed by atoms with Crippen LogP contribution in [0.4, 0.5) is 4.79 Å². The number of piperidine rings is 1. The lowest BCUT2D eigenvalue weighted by Crippen LogP contribution is -2.47. The molecule has 7 heteroatoms. The lowest BCUT2D eigenvalue weighted by Gasteiger charge is -2.35. The standard InChI is InChI=1S/C21H25N3O3S/c1-14-13-24(21(26)27-14)17-8-10-23(11-9-17)19(25)12-18-15(2)28-20(22-18)16-6-4-3-5-7-16/h3-7,14,17H,8-13H2,1-2H3. The molecule has 4 rings (SSSR count). The fourth-order valence-corrected chi connectivity index (χ4v) is 4.84. The third kappa shape index (κ3) is 3.90. The summed E-state index contributed by atoms with van der Waals surface area (Å²) >= 11 is 1.63. The summed E-state index contributed by atoms with van der Waals surface area (Å²) in [6, 6.07) is 10.2. The maximum absolute atomic E-state index is 12.8. The maximum atomic E-state index is 12.8. The molecule has 2 aliphatic heterocycles. The number of hydrogen-bond acceptors (Lipinski definition) is 5. The Morgan fingerprint density at radius 3 is 2.61 bits per heavy atom. The molecule has 2 amide bonds. The molecule has 0 aliphatic carbocycles. The summed E-state index contributed by atoms with van der Waals surface area (Å²) in [5.41, 5.74) is 1.95. The summed E-state index contributed by atoms with van der Waals surface area (Å²) in [6.45, 7) is 5.94. The molecule has 0 bridgehead atoms. The zero-order chi connectivity index (χ0) is 19.7. The van der Waals surface area contributed by atoms with Crippen LogP contribution in [0.3, 0.4) is 0 Å². The predicted molar refractivity (Wildman–Crippen MR) is 108 cm³/mol. The van der Waals surface area contributed by atoms with Crippen LogP contribution in [-0.2, 0) is 16.0 Å². The topological polar surface area (TPSA) is 62.7 Å². The van der Waals surface area contributed by atoms with Crippen LogP contribution >= 0.6 is 11.3 Å². The predicted octanol–water partition coefficient (Wildman–Crippen LogP) is 3.49. The smallest absolute Gasteiger partial charge is 0.410 e.